The van der Waals surface area contributed by atoms with Crippen LogP contribution >= 0.6 is 38.9 Å². The number of fused-ring (bicyclic) bond motifs is 1. The fraction of sp³-hybridized carbons (Fsp3) is 0.227. The summed E-state index contributed by atoms with van der Waals surface area (Å²) in [6.07, 6.45) is 2.52. The van der Waals surface area contributed by atoms with Crippen molar-refractivity contribution in [1.29, 1.82) is 0 Å². The predicted octanol–water partition coefficient (Wildman–Crippen LogP) is 6.18. The summed E-state index contributed by atoms with van der Waals surface area (Å²) >= 11 is 10.8. The van der Waals surface area contributed by atoms with Crippen LogP contribution in [0.4, 0.5) is 10.8 Å². The van der Waals surface area contributed by atoms with Gasteiger partial charge in [0.05, 0.1) is 11.6 Å². The van der Waals surface area contributed by atoms with E-state index in [-0.39, 0.29) is 17.7 Å². The first-order chi connectivity index (χ1) is 14.4. The molecule has 2 aromatic carbocycles. The topological polar surface area (TPSA) is 71.1 Å². The molecule has 1 aliphatic carbocycles. The molecule has 0 bridgehead atoms. The van der Waals surface area contributed by atoms with Crippen LogP contribution < -0.4 is 10.6 Å². The van der Waals surface area contributed by atoms with Crippen molar-refractivity contribution in [2.45, 2.75) is 32.1 Å². The van der Waals surface area contributed by atoms with Crippen LogP contribution in [0.25, 0.3) is 0 Å². The molecule has 5 nitrogen and oxygen atoms in total. The lowest BCUT2D eigenvalue weighted by molar-refractivity contribution is -0.117. The van der Waals surface area contributed by atoms with E-state index >= 15 is 0 Å². The van der Waals surface area contributed by atoms with Crippen LogP contribution in [0.1, 0.15) is 45.3 Å². The number of carbonyl (C=O) groups excluding carboxylic acids is 2. The highest BCUT2D eigenvalue weighted by atomic mass is 79.9. The lowest BCUT2D eigenvalue weighted by Gasteiger charge is -2.20. The molecule has 0 radical (unpaired) electrons. The number of aryl methyl sites for hydroxylation is 2. The summed E-state index contributed by atoms with van der Waals surface area (Å²) in [5.41, 5.74) is 3.09. The molecule has 0 saturated heterocycles. The molecule has 0 aliphatic heterocycles. The quantitative estimate of drug-likeness (QED) is 0.446. The zero-order chi connectivity index (χ0) is 21.3. The molecule has 0 saturated carbocycles. The number of rotatable bonds is 4. The SMILES string of the molecule is Cc1cc(NC(=O)C2CCCc3sc(NC(=O)c4ccc(Cl)cc4)nc32)ccc1Br. The Morgan fingerprint density at radius 3 is 2.67 bits per heavy atom. The lowest BCUT2D eigenvalue weighted by Crippen LogP contribution is -2.24. The molecule has 1 aliphatic rings. The van der Waals surface area contributed by atoms with Gasteiger partial charge in [0.25, 0.3) is 5.91 Å². The van der Waals surface area contributed by atoms with Crippen LogP contribution in [0.5, 0.6) is 0 Å². The van der Waals surface area contributed by atoms with Gasteiger partial charge in [-0.1, -0.05) is 27.5 Å². The van der Waals surface area contributed by atoms with E-state index in [0.717, 1.165) is 45.6 Å². The number of nitrogens with one attached hydrogen (secondary N) is 2. The first-order valence-corrected chi connectivity index (χ1v) is 11.5. The zero-order valence-electron chi connectivity index (χ0n) is 16.2. The summed E-state index contributed by atoms with van der Waals surface area (Å²) in [7, 11) is 0. The Hall–Kier alpha value is -2.22. The Kier molecular flexibility index (Phi) is 6.22. The first kappa shape index (κ1) is 21.0. The fourth-order valence-corrected chi connectivity index (χ4v) is 4.88. The number of benzene rings is 2. The standard InChI is InChI=1S/C22H19BrClN3O2S/c1-12-11-15(9-10-17(12)23)25-21(29)16-3-2-4-18-19(16)26-22(30-18)27-20(28)13-5-7-14(24)8-6-13/h5-11,16H,2-4H2,1H3,(H,25,29)(H,26,27,28). The molecular weight excluding hydrogens is 486 g/mol. The molecule has 4 rings (SSSR count). The minimum atomic E-state index is -0.324. The Balaban J connectivity index is 1.50. The van der Waals surface area contributed by atoms with Gasteiger partial charge >= 0.3 is 0 Å². The van der Waals surface area contributed by atoms with Crippen LogP contribution in [0.2, 0.25) is 5.02 Å². The van der Waals surface area contributed by atoms with Crippen LogP contribution in [0, 0.1) is 6.92 Å². The van der Waals surface area contributed by atoms with E-state index in [0.29, 0.717) is 15.7 Å². The Morgan fingerprint density at radius 1 is 1.17 bits per heavy atom. The Bertz CT molecular complexity index is 1110. The molecule has 8 heteroatoms. The second-order valence-electron chi connectivity index (χ2n) is 7.19. The molecule has 1 atom stereocenters. The van der Waals surface area contributed by atoms with E-state index < -0.39 is 0 Å². The second-order valence-corrected chi connectivity index (χ2v) is 9.56. The van der Waals surface area contributed by atoms with Crippen molar-refractivity contribution < 1.29 is 9.59 Å². The van der Waals surface area contributed by atoms with Gasteiger partial charge in [-0.25, -0.2) is 4.98 Å². The number of nitrogens with zero attached hydrogens (tertiary/aromatic N) is 1. The third kappa shape index (κ3) is 4.58. The summed E-state index contributed by atoms with van der Waals surface area (Å²) < 4.78 is 1.00. The van der Waals surface area contributed by atoms with Crippen molar-refractivity contribution in [1.82, 2.24) is 4.98 Å². The second kappa shape index (κ2) is 8.88. The molecule has 1 unspecified atom stereocenters. The first-order valence-electron chi connectivity index (χ1n) is 9.54. The fourth-order valence-electron chi connectivity index (χ4n) is 3.45. The van der Waals surface area contributed by atoms with Crippen molar-refractivity contribution in [3.8, 4) is 0 Å². The van der Waals surface area contributed by atoms with Crippen molar-refractivity contribution >= 4 is 61.5 Å². The van der Waals surface area contributed by atoms with Crippen molar-refractivity contribution in [3.63, 3.8) is 0 Å². The van der Waals surface area contributed by atoms with E-state index in [1.165, 1.54) is 11.3 Å². The highest BCUT2D eigenvalue weighted by Crippen LogP contribution is 2.37. The normalized spacial score (nSPS) is 15.4. The number of aromatic nitrogens is 1. The number of hydrogen-bond donors (Lipinski definition) is 2. The maximum absolute atomic E-state index is 13.0. The van der Waals surface area contributed by atoms with Gasteiger partial charge in [0.1, 0.15) is 0 Å². The maximum Gasteiger partial charge on any atom is 0.257 e. The third-order valence-corrected chi connectivity index (χ3v) is 7.21. The van der Waals surface area contributed by atoms with Gasteiger partial charge in [-0.15, -0.1) is 11.3 Å². The molecule has 3 aromatic rings. The molecule has 154 valence electrons. The van der Waals surface area contributed by atoms with Crippen LogP contribution in [-0.4, -0.2) is 16.8 Å². The summed E-state index contributed by atoms with van der Waals surface area (Å²) in [5, 5.41) is 6.94. The van der Waals surface area contributed by atoms with Crippen LogP contribution in [-0.2, 0) is 11.2 Å². The van der Waals surface area contributed by atoms with E-state index in [1.807, 2.05) is 25.1 Å². The zero-order valence-corrected chi connectivity index (χ0v) is 19.3. The van der Waals surface area contributed by atoms with Crippen molar-refractivity contribution in [3.05, 3.63) is 73.7 Å². The Labute approximate surface area is 192 Å². The van der Waals surface area contributed by atoms with Crippen LogP contribution in [0.3, 0.4) is 0 Å². The van der Waals surface area contributed by atoms with Gasteiger partial charge in [0, 0.05) is 25.6 Å². The van der Waals surface area contributed by atoms with E-state index in [9.17, 15) is 9.59 Å². The van der Waals surface area contributed by atoms with Gasteiger partial charge in [0.2, 0.25) is 5.91 Å². The van der Waals surface area contributed by atoms with Gasteiger partial charge in [-0.05, 0) is 74.2 Å². The van der Waals surface area contributed by atoms with E-state index in [4.69, 9.17) is 11.6 Å². The number of anilines is 2. The minimum Gasteiger partial charge on any atom is -0.326 e. The summed E-state index contributed by atoms with van der Waals surface area (Å²) in [6.45, 7) is 1.98. The smallest absolute Gasteiger partial charge is 0.257 e. The van der Waals surface area contributed by atoms with Crippen LogP contribution in [0.15, 0.2) is 46.9 Å². The number of amides is 2. The number of thiazole rings is 1. The van der Waals surface area contributed by atoms with Crippen molar-refractivity contribution in [2.24, 2.45) is 0 Å². The largest absolute Gasteiger partial charge is 0.326 e. The molecule has 30 heavy (non-hydrogen) atoms. The Morgan fingerprint density at radius 2 is 1.93 bits per heavy atom. The number of halogens is 2. The summed E-state index contributed by atoms with van der Waals surface area (Å²) in [4.78, 5) is 31.1. The molecule has 1 heterocycles. The highest BCUT2D eigenvalue weighted by Gasteiger charge is 2.30. The summed E-state index contributed by atoms with van der Waals surface area (Å²) in [6, 6.07) is 12.4. The summed E-state index contributed by atoms with van der Waals surface area (Å²) in [5.74, 6) is -0.641. The van der Waals surface area contributed by atoms with E-state index in [1.54, 1.807) is 24.3 Å². The third-order valence-electron chi connectivity index (χ3n) is 5.02. The number of carbonyl (C=O) groups is 2. The molecule has 0 fully saturated rings. The monoisotopic (exact) mass is 503 g/mol. The van der Waals surface area contributed by atoms with Crippen molar-refractivity contribution in [2.75, 3.05) is 10.6 Å². The average Bonchev–Trinajstić information content (AvgIpc) is 3.13. The number of hydrogen-bond acceptors (Lipinski definition) is 4. The molecular formula is C22H19BrClN3O2S. The molecule has 0 spiro atoms. The minimum absolute atomic E-state index is 0.0708. The van der Waals surface area contributed by atoms with Gasteiger partial charge < -0.3 is 5.32 Å². The maximum atomic E-state index is 13.0. The molecule has 2 amide bonds. The van der Waals surface area contributed by atoms with Gasteiger partial charge in [0.15, 0.2) is 5.13 Å². The van der Waals surface area contributed by atoms with Gasteiger partial charge in [-0.3, -0.25) is 14.9 Å². The lowest BCUT2D eigenvalue weighted by atomic mass is 9.90. The molecule has 1 aromatic heterocycles. The van der Waals surface area contributed by atoms with Gasteiger partial charge in [-0.2, -0.15) is 0 Å². The predicted molar refractivity (Wildman–Crippen MR) is 125 cm³/mol. The average molecular weight is 505 g/mol. The molecule has 2 N–H and O–H groups in total. The van der Waals surface area contributed by atoms with E-state index in [2.05, 4.69) is 31.5 Å². The highest BCUT2D eigenvalue weighted by molar-refractivity contribution is 9.10.